The molecule has 2 N–H and O–H groups in total. The summed E-state index contributed by atoms with van der Waals surface area (Å²) in [6.07, 6.45) is 0. The van der Waals surface area contributed by atoms with Gasteiger partial charge in [-0.25, -0.2) is 4.39 Å². The number of rotatable bonds is 3. The number of carbonyl (C=O) groups is 1. The van der Waals surface area contributed by atoms with E-state index in [9.17, 15) is 14.3 Å². The molecule has 1 atom stereocenters. The van der Waals surface area contributed by atoms with Gasteiger partial charge < -0.3 is 10.4 Å². The normalized spacial score (nSPS) is 12.2. The Hall–Kier alpha value is -1.59. The van der Waals surface area contributed by atoms with Crippen LogP contribution in [0, 0.1) is 5.82 Å². The van der Waals surface area contributed by atoms with Crippen molar-refractivity contribution in [3.8, 4) is 5.75 Å². The van der Waals surface area contributed by atoms with Crippen molar-refractivity contribution in [3.63, 3.8) is 0 Å². The molecular weight excluding hydrogens is 289 g/mol. The monoisotopic (exact) mass is 299 g/mol. The maximum absolute atomic E-state index is 13.5. The Morgan fingerprint density at radius 3 is 2.74 bits per heavy atom. The molecule has 1 amide bonds. The number of nitrogens with one attached hydrogen (secondary N) is 1. The number of benzene rings is 1. The van der Waals surface area contributed by atoms with Gasteiger partial charge in [0.05, 0.1) is 10.4 Å². The van der Waals surface area contributed by atoms with Crippen LogP contribution in [0.2, 0.25) is 4.34 Å². The molecule has 1 heterocycles. The van der Waals surface area contributed by atoms with Crippen molar-refractivity contribution in [3.05, 3.63) is 50.9 Å². The molecule has 1 aromatic carbocycles. The highest BCUT2D eigenvalue weighted by Gasteiger charge is 2.19. The Kier molecular flexibility index (Phi) is 4.07. The molecule has 19 heavy (non-hydrogen) atoms. The summed E-state index contributed by atoms with van der Waals surface area (Å²) in [5, 5.41) is 12.2. The first-order valence-corrected chi connectivity index (χ1v) is 6.72. The van der Waals surface area contributed by atoms with E-state index in [2.05, 4.69) is 5.32 Å². The predicted molar refractivity (Wildman–Crippen MR) is 73.3 cm³/mol. The van der Waals surface area contributed by atoms with E-state index in [4.69, 9.17) is 11.6 Å². The molecule has 2 aromatic rings. The molecule has 0 saturated carbocycles. The molecule has 0 aliphatic rings. The lowest BCUT2D eigenvalue weighted by atomic mass is 10.1. The summed E-state index contributed by atoms with van der Waals surface area (Å²) < 4.78 is 14.1. The average Bonchev–Trinajstić information content (AvgIpc) is 2.75. The average molecular weight is 300 g/mol. The minimum absolute atomic E-state index is 0.316. The largest absolute Gasteiger partial charge is 0.507 e. The number of amides is 1. The maximum Gasteiger partial charge on any atom is 0.258 e. The summed E-state index contributed by atoms with van der Waals surface area (Å²) in [7, 11) is 0. The SMILES string of the molecule is CC(NC(=O)c1c(O)cccc1F)c1ccc(Cl)s1. The van der Waals surface area contributed by atoms with E-state index < -0.39 is 11.7 Å². The quantitative estimate of drug-likeness (QED) is 0.907. The van der Waals surface area contributed by atoms with Crippen LogP contribution in [0.25, 0.3) is 0 Å². The topological polar surface area (TPSA) is 49.3 Å². The highest BCUT2D eigenvalue weighted by atomic mass is 35.5. The molecule has 0 saturated heterocycles. The third kappa shape index (κ3) is 3.05. The first-order valence-electron chi connectivity index (χ1n) is 5.52. The summed E-state index contributed by atoms with van der Waals surface area (Å²) in [5.41, 5.74) is -0.350. The van der Waals surface area contributed by atoms with Crippen molar-refractivity contribution >= 4 is 28.8 Å². The number of phenols is 1. The first kappa shape index (κ1) is 13.8. The van der Waals surface area contributed by atoms with Gasteiger partial charge >= 0.3 is 0 Å². The number of thiophene rings is 1. The van der Waals surface area contributed by atoms with Gasteiger partial charge in [0.15, 0.2) is 0 Å². The zero-order valence-corrected chi connectivity index (χ0v) is 11.6. The van der Waals surface area contributed by atoms with Gasteiger partial charge in [-0.05, 0) is 31.2 Å². The van der Waals surface area contributed by atoms with Gasteiger partial charge in [0.25, 0.3) is 5.91 Å². The van der Waals surface area contributed by atoms with Crippen LogP contribution in [-0.2, 0) is 0 Å². The second-order valence-corrected chi connectivity index (χ2v) is 5.72. The Morgan fingerprint density at radius 2 is 2.16 bits per heavy atom. The molecule has 0 fully saturated rings. The molecule has 6 heteroatoms. The summed E-state index contributed by atoms with van der Waals surface area (Å²) in [5.74, 6) is -1.80. The Bertz CT molecular complexity index is 594. The fourth-order valence-corrected chi connectivity index (χ4v) is 2.70. The summed E-state index contributed by atoms with van der Waals surface area (Å²) >= 11 is 7.15. The van der Waals surface area contributed by atoms with E-state index in [1.165, 1.54) is 23.5 Å². The van der Waals surface area contributed by atoms with Crippen LogP contribution in [0.5, 0.6) is 5.75 Å². The van der Waals surface area contributed by atoms with Crippen LogP contribution >= 0.6 is 22.9 Å². The van der Waals surface area contributed by atoms with Gasteiger partial charge in [0, 0.05) is 4.88 Å². The van der Waals surface area contributed by atoms with Crippen molar-refractivity contribution < 1.29 is 14.3 Å². The smallest absolute Gasteiger partial charge is 0.258 e. The van der Waals surface area contributed by atoms with Crippen LogP contribution in [0.4, 0.5) is 4.39 Å². The van der Waals surface area contributed by atoms with Crippen molar-refractivity contribution in [2.45, 2.75) is 13.0 Å². The van der Waals surface area contributed by atoms with Crippen molar-refractivity contribution in [2.24, 2.45) is 0 Å². The van der Waals surface area contributed by atoms with Gasteiger partial charge in [0.1, 0.15) is 17.1 Å². The van der Waals surface area contributed by atoms with Gasteiger partial charge in [0.2, 0.25) is 0 Å². The summed E-state index contributed by atoms with van der Waals surface area (Å²) in [6, 6.07) is 6.93. The maximum atomic E-state index is 13.5. The number of hydrogen-bond donors (Lipinski definition) is 2. The van der Waals surface area contributed by atoms with E-state index in [-0.39, 0.29) is 17.4 Å². The van der Waals surface area contributed by atoms with Crippen molar-refractivity contribution in [1.29, 1.82) is 0 Å². The van der Waals surface area contributed by atoms with Gasteiger partial charge in [-0.2, -0.15) is 0 Å². The third-order valence-corrected chi connectivity index (χ3v) is 4.00. The number of phenolic OH excluding ortho intramolecular Hbond substituents is 1. The standard InChI is InChI=1S/C13H11ClFNO2S/c1-7(10-5-6-11(14)19-10)16-13(18)12-8(15)3-2-4-9(12)17/h2-7,17H,1H3,(H,16,18). The van der Waals surface area contributed by atoms with E-state index in [0.717, 1.165) is 10.9 Å². The molecule has 0 spiro atoms. The van der Waals surface area contributed by atoms with Crippen molar-refractivity contribution in [1.82, 2.24) is 5.32 Å². The summed E-state index contributed by atoms with van der Waals surface area (Å²) in [6.45, 7) is 1.76. The van der Waals surface area contributed by atoms with Gasteiger partial charge in [-0.1, -0.05) is 17.7 Å². The lowest BCUT2D eigenvalue weighted by Crippen LogP contribution is -2.27. The third-order valence-electron chi connectivity index (χ3n) is 2.59. The van der Waals surface area contributed by atoms with E-state index in [1.54, 1.807) is 19.1 Å². The molecule has 100 valence electrons. The molecule has 0 aliphatic heterocycles. The molecule has 2 rings (SSSR count). The van der Waals surface area contributed by atoms with Crippen LogP contribution in [-0.4, -0.2) is 11.0 Å². The van der Waals surface area contributed by atoms with Crippen LogP contribution in [0.1, 0.15) is 28.2 Å². The number of halogens is 2. The van der Waals surface area contributed by atoms with E-state index >= 15 is 0 Å². The number of carbonyl (C=O) groups excluding carboxylic acids is 1. The molecule has 0 radical (unpaired) electrons. The Balaban J connectivity index is 2.17. The number of hydrogen-bond acceptors (Lipinski definition) is 3. The van der Waals surface area contributed by atoms with E-state index in [1.807, 2.05) is 0 Å². The second kappa shape index (κ2) is 5.59. The van der Waals surface area contributed by atoms with Crippen LogP contribution in [0.15, 0.2) is 30.3 Å². The molecule has 1 aromatic heterocycles. The minimum atomic E-state index is -0.756. The van der Waals surface area contributed by atoms with Gasteiger partial charge in [-0.15, -0.1) is 11.3 Å². The van der Waals surface area contributed by atoms with Crippen LogP contribution < -0.4 is 5.32 Å². The molecule has 1 unspecified atom stereocenters. The fraction of sp³-hybridized carbons (Fsp3) is 0.154. The predicted octanol–water partition coefficient (Wildman–Crippen LogP) is 3.74. The Labute approximate surface area is 118 Å². The lowest BCUT2D eigenvalue weighted by Gasteiger charge is -2.13. The highest BCUT2D eigenvalue weighted by molar-refractivity contribution is 7.16. The number of aromatic hydroxyl groups is 1. The van der Waals surface area contributed by atoms with E-state index in [0.29, 0.717) is 4.34 Å². The zero-order valence-electron chi connectivity index (χ0n) is 9.98. The molecule has 3 nitrogen and oxygen atoms in total. The minimum Gasteiger partial charge on any atom is -0.507 e. The molecule has 0 aliphatic carbocycles. The molecule has 0 bridgehead atoms. The second-order valence-electron chi connectivity index (χ2n) is 3.97. The molecular formula is C13H11ClFNO2S. The zero-order chi connectivity index (χ0) is 14.0. The first-order chi connectivity index (χ1) is 8.99. The fourth-order valence-electron chi connectivity index (χ4n) is 1.64. The Morgan fingerprint density at radius 1 is 1.42 bits per heavy atom. The van der Waals surface area contributed by atoms with Crippen molar-refractivity contribution in [2.75, 3.05) is 0 Å². The van der Waals surface area contributed by atoms with Gasteiger partial charge in [-0.3, -0.25) is 4.79 Å². The summed E-state index contributed by atoms with van der Waals surface area (Å²) in [4.78, 5) is 12.8. The highest BCUT2D eigenvalue weighted by Crippen LogP contribution is 2.27. The lowest BCUT2D eigenvalue weighted by molar-refractivity contribution is 0.0933. The van der Waals surface area contributed by atoms with Crippen LogP contribution in [0.3, 0.4) is 0 Å².